The summed E-state index contributed by atoms with van der Waals surface area (Å²) in [4.78, 5) is 11.1. The predicted octanol–water partition coefficient (Wildman–Crippen LogP) is 2.07. The Bertz CT molecular complexity index is 231. The van der Waals surface area contributed by atoms with Gasteiger partial charge in [-0.15, -0.1) is 0 Å². The molecule has 0 heterocycles. The van der Waals surface area contributed by atoms with Crippen LogP contribution < -0.4 is 5.32 Å². The smallest absolute Gasteiger partial charge is 0.251 e. The van der Waals surface area contributed by atoms with E-state index in [1.165, 1.54) is 0 Å². The number of carbonyl (C=O) groups excluding carboxylic acids is 1. The number of rotatable bonds is 2. The number of amides is 1. The van der Waals surface area contributed by atoms with Crippen LogP contribution in [-0.4, -0.2) is 12.5 Å². The third-order valence-electron chi connectivity index (χ3n) is 1.37. The summed E-state index contributed by atoms with van der Waals surface area (Å²) in [6.07, 6.45) is 0. The van der Waals surface area contributed by atoms with Crippen molar-refractivity contribution in [2.75, 3.05) is 6.54 Å². The number of hydrogen-bond acceptors (Lipinski definition) is 1. The highest BCUT2D eigenvalue weighted by atomic mass is 16.1. The van der Waals surface area contributed by atoms with Gasteiger partial charge in [0.25, 0.3) is 5.91 Å². The molecule has 2 nitrogen and oxygen atoms in total. The zero-order chi connectivity index (χ0) is 8.10. The molecule has 0 spiro atoms. The van der Waals surface area contributed by atoms with Gasteiger partial charge in [0.15, 0.2) is 0 Å². The molecule has 0 saturated carbocycles. The van der Waals surface area contributed by atoms with Gasteiger partial charge in [-0.1, -0.05) is 25.6 Å². The van der Waals surface area contributed by atoms with Gasteiger partial charge >= 0.3 is 0 Å². The fraction of sp³-hybridized carbons (Fsp3) is 0.300. The second-order valence-corrected chi connectivity index (χ2v) is 2.23. The summed E-state index contributed by atoms with van der Waals surface area (Å²) in [6, 6.07) is 9.19. The zero-order valence-corrected chi connectivity index (χ0v) is 6.50. The molecule has 0 fully saturated rings. The Balaban J connectivity index is 0.00000121. The minimum Gasteiger partial charge on any atom is -0.352 e. The fourth-order valence-corrected chi connectivity index (χ4v) is 0.852. The predicted molar refractivity (Wildman–Crippen MR) is 51.2 cm³/mol. The zero-order valence-electron chi connectivity index (χ0n) is 6.50. The van der Waals surface area contributed by atoms with Crippen LogP contribution >= 0.6 is 0 Å². The van der Waals surface area contributed by atoms with Crippen LogP contribution in [0.2, 0.25) is 0 Å². The molecule has 0 aliphatic carbocycles. The first-order chi connectivity index (χ1) is 5.34. The molecule has 1 aromatic carbocycles. The van der Waals surface area contributed by atoms with Crippen molar-refractivity contribution in [1.82, 2.24) is 5.32 Å². The lowest BCUT2D eigenvalue weighted by molar-refractivity contribution is 0.0956. The molecule has 1 rings (SSSR count). The highest BCUT2D eigenvalue weighted by molar-refractivity contribution is 5.93. The van der Waals surface area contributed by atoms with Gasteiger partial charge in [0, 0.05) is 12.1 Å². The summed E-state index contributed by atoms with van der Waals surface area (Å²) < 4.78 is 0. The standard InChI is InChI=1S/C9H11NO.CH4/c1-2-10-9(11)8-6-4-3-5-7-8;/h3-7H,2H2,1H3,(H,10,11);1H4. The monoisotopic (exact) mass is 165 g/mol. The summed E-state index contributed by atoms with van der Waals surface area (Å²) in [5, 5.41) is 2.72. The largest absolute Gasteiger partial charge is 0.352 e. The molecule has 2 heteroatoms. The Morgan fingerprint density at radius 1 is 1.33 bits per heavy atom. The van der Waals surface area contributed by atoms with E-state index in [1.54, 1.807) is 12.1 Å². The lowest BCUT2D eigenvalue weighted by atomic mass is 10.2. The van der Waals surface area contributed by atoms with Crippen LogP contribution in [0.1, 0.15) is 24.7 Å². The molecule has 0 aromatic heterocycles. The molecule has 66 valence electrons. The molecule has 0 radical (unpaired) electrons. The van der Waals surface area contributed by atoms with Gasteiger partial charge in [0.2, 0.25) is 0 Å². The van der Waals surface area contributed by atoms with Crippen molar-refractivity contribution in [3.63, 3.8) is 0 Å². The maximum absolute atomic E-state index is 11.1. The highest BCUT2D eigenvalue weighted by Crippen LogP contribution is 1.96. The van der Waals surface area contributed by atoms with Crippen LogP contribution in [0.25, 0.3) is 0 Å². The van der Waals surface area contributed by atoms with E-state index in [9.17, 15) is 4.79 Å². The van der Waals surface area contributed by atoms with Crippen LogP contribution in [0.15, 0.2) is 30.3 Å². The second kappa shape index (κ2) is 5.35. The molecule has 0 atom stereocenters. The van der Waals surface area contributed by atoms with Crippen molar-refractivity contribution >= 4 is 5.91 Å². The van der Waals surface area contributed by atoms with Crippen LogP contribution in [0.4, 0.5) is 0 Å². The van der Waals surface area contributed by atoms with Crippen LogP contribution in [0.5, 0.6) is 0 Å². The summed E-state index contributed by atoms with van der Waals surface area (Å²) >= 11 is 0. The van der Waals surface area contributed by atoms with Gasteiger partial charge in [-0.2, -0.15) is 0 Å². The van der Waals surface area contributed by atoms with E-state index in [0.29, 0.717) is 12.1 Å². The van der Waals surface area contributed by atoms with Crippen LogP contribution in [-0.2, 0) is 0 Å². The minimum atomic E-state index is -0.00639. The summed E-state index contributed by atoms with van der Waals surface area (Å²) in [5.41, 5.74) is 0.717. The SMILES string of the molecule is C.CCNC(=O)c1ccccc1. The summed E-state index contributed by atoms with van der Waals surface area (Å²) in [5.74, 6) is -0.00639. The van der Waals surface area contributed by atoms with Gasteiger partial charge in [-0.3, -0.25) is 4.79 Å². The lowest BCUT2D eigenvalue weighted by Gasteiger charge is -1.99. The van der Waals surface area contributed by atoms with Crippen molar-refractivity contribution in [3.05, 3.63) is 35.9 Å². The van der Waals surface area contributed by atoms with Crippen LogP contribution in [0.3, 0.4) is 0 Å². The van der Waals surface area contributed by atoms with Gasteiger partial charge in [-0.05, 0) is 19.1 Å². The van der Waals surface area contributed by atoms with Crippen molar-refractivity contribution in [1.29, 1.82) is 0 Å². The average molecular weight is 165 g/mol. The highest BCUT2D eigenvalue weighted by Gasteiger charge is 1.99. The molecule has 12 heavy (non-hydrogen) atoms. The molecule has 0 aliphatic heterocycles. The Hall–Kier alpha value is -1.31. The Morgan fingerprint density at radius 2 is 1.92 bits per heavy atom. The first-order valence-corrected chi connectivity index (χ1v) is 3.68. The topological polar surface area (TPSA) is 29.1 Å². The number of carbonyl (C=O) groups is 1. The molecular weight excluding hydrogens is 150 g/mol. The quantitative estimate of drug-likeness (QED) is 0.714. The number of nitrogens with one attached hydrogen (secondary N) is 1. The summed E-state index contributed by atoms with van der Waals surface area (Å²) in [7, 11) is 0. The normalized spacial score (nSPS) is 8.42. The van der Waals surface area contributed by atoms with Crippen molar-refractivity contribution < 1.29 is 4.79 Å². The molecule has 1 amide bonds. The molecule has 0 bridgehead atoms. The molecule has 0 aliphatic rings. The van der Waals surface area contributed by atoms with E-state index in [4.69, 9.17) is 0 Å². The van der Waals surface area contributed by atoms with Crippen LogP contribution in [0, 0.1) is 0 Å². The molecule has 0 unspecified atom stereocenters. The maximum atomic E-state index is 11.1. The van der Waals surface area contributed by atoms with Crippen molar-refractivity contribution in [2.45, 2.75) is 14.4 Å². The van der Waals surface area contributed by atoms with Crippen molar-refractivity contribution in [3.8, 4) is 0 Å². The first kappa shape index (κ1) is 10.7. The van der Waals surface area contributed by atoms with Gasteiger partial charge in [0.1, 0.15) is 0 Å². The Morgan fingerprint density at radius 3 is 2.42 bits per heavy atom. The van der Waals surface area contributed by atoms with Gasteiger partial charge in [0.05, 0.1) is 0 Å². The fourth-order valence-electron chi connectivity index (χ4n) is 0.852. The van der Waals surface area contributed by atoms with E-state index in [1.807, 2.05) is 25.1 Å². The van der Waals surface area contributed by atoms with E-state index in [-0.39, 0.29) is 13.3 Å². The van der Waals surface area contributed by atoms with Gasteiger partial charge < -0.3 is 5.32 Å². The molecule has 1 N–H and O–H groups in total. The number of hydrogen-bond donors (Lipinski definition) is 1. The lowest BCUT2D eigenvalue weighted by Crippen LogP contribution is -2.22. The first-order valence-electron chi connectivity index (χ1n) is 3.68. The van der Waals surface area contributed by atoms with E-state index in [0.717, 1.165) is 0 Å². The molecule has 1 aromatic rings. The Labute approximate surface area is 73.6 Å². The number of benzene rings is 1. The third-order valence-corrected chi connectivity index (χ3v) is 1.37. The maximum Gasteiger partial charge on any atom is 0.251 e. The minimum absolute atomic E-state index is 0. The third kappa shape index (κ3) is 2.74. The second-order valence-electron chi connectivity index (χ2n) is 2.23. The Kier molecular flexibility index (Phi) is 4.77. The average Bonchev–Trinajstić information content (AvgIpc) is 2.07. The van der Waals surface area contributed by atoms with Gasteiger partial charge in [-0.25, -0.2) is 0 Å². The van der Waals surface area contributed by atoms with E-state index >= 15 is 0 Å². The summed E-state index contributed by atoms with van der Waals surface area (Å²) in [6.45, 7) is 2.58. The van der Waals surface area contributed by atoms with E-state index in [2.05, 4.69) is 5.32 Å². The van der Waals surface area contributed by atoms with Crippen molar-refractivity contribution in [2.24, 2.45) is 0 Å². The molecular formula is C10H15NO. The van der Waals surface area contributed by atoms with E-state index < -0.39 is 0 Å². The molecule has 0 saturated heterocycles.